The number of amides is 3. The van der Waals surface area contributed by atoms with Crippen LogP contribution in [0.4, 0.5) is 28.4 Å². The van der Waals surface area contributed by atoms with Crippen LogP contribution >= 0.6 is 0 Å². The first-order valence-corrected chi connectivity index (χ1v) is 13.3. The number of nitrogens with one attached hydrogen (secondary N) is 3. The highest BCUT2D eigenvalue weighted by Gasteiger charge is 2.34. The Labute approximate surface area is 231 Å². The van der Waals surface area contributed by atoms with Gasteiger partial charge in [0.05, 0.1) is 6.04 Å². The van der Waals surface area contributed by atoms with Crippen LogP contribution in [0.2, 0.25) is 0 Å². The lowest BCUT2D eigenvalue weighted by Crippen LogP contribution is -2.42. The van der Waals surface area contributed by atoms with Crippen LogP contribution in [0.3, 0.4) is 0 Å². The van der Waals surface area contributed by atoms with Gasteiger partial charge in [0.25, 0.3) is 10.0 Å². The molecule has 0 aliphatic carbocycles. The molecule has 0 fully saturated rings. The molecule has 3 amide bonds. The average Bonchev–Trinajstić information content (AvgIpc) is 3.38. The molecule has 0 saturated heterocycles. The van der Waals surface area contributed by atoms with E-state index in [0.29, 0.717) is 17.2 Å². The molecule has 1 heterocycles. The first-order chi connectivity index (χ1) is 19.4. The molecule has 4 aromatic rings. The molecule has 11 nitrogen and oxygen atoms in total. The molecular formula is C26H22F3N5O6S. The van der Waals surface area contributed by atoms with Gasteiger partial charge in [0.2, 0.25) is 0 Å². The molecule has 0 radical (unpaired) electrons. The van der Waals surface area contributed by atoms with Gasteiger partial charge in [-0.25, -0.2) is 27.7 Å². The quantitative estimate of drug-likeness (QED) is 0.218. The number of benzene rings is 3. The monoisotopic (exact) mass is 589 g/mol. The topological polar surface area (TPSA) is 152 Å². The predicted molar refractivity (Wildman–Crippen MR) is 140 cm³/mol. The summed E-state index contributed by atoms with van der Waals surface area (Å²) in [5, 5.41) is 13.7. The van der Waals surface area contributed by atoms with E-state index in [9.17, 15) is 31.2 Å². The van der Waals surface area contributed by atoms with E-state index >= 15 is 0 Å². The molecule has 3 aromatic carbocycles. The summed E-state index contributed by atoms with van der Waals surface area (Å²) in [4.78, 5) is 27.3. The van der Waals surface area contributed by atoms with Crippen molar-refractivity contribution in [1.29, 1.82) is 0 Å². The van der Waals surface area contributed by atoms with Crippen LogP contribution in [-0.4, -0.2) is 41.6 Å². The summed E-state index contributed by atoms with van der Waals surface area (Å²) in [7, 11) is -4.80. The van der Waals surface area contributed by atoms with Crippen molar-refractivity contribution in [1.82, 2.24) is 19.6 Å². The molecule has 214 valence electrons. The van der Waals surface area contributed by atoms with E-state index in [1.54, 1.807) is 58.0 Å². The van der Waals surface area contributed by atoms with E-state index in [1.165, 1.54) is 24.4 Å². The van der Waals surface area contributed by atoms with Crippen LogP contribution < -0.4 is 20.1 Å². The van der Waals surface area contributed by atoms with Crippen molar-refractivity contribution in [2.45, 2.75) is 23.7 Å². The molecule has 0 aliphatic heterocycles. The number of carboxylic acid groups (broad SMARTS) is 1. The van der Waals surface area contributed by atoms with Crippen molar-refractivity contribution in [2.75, 3.05) is 5.32 Å². The number of sulfonamides is 1. The zero-order chi connectivity index (χ0) is 29.6. The second-order valence-corrected chi connectivity index (χ2v) is 10.1. The van der Waals surface area contributed by atoms with Gasteiger partial charge >= 0.3 is 18.5 Å². The second-order valence-electron chi connectivity index (χ2n) is 8.45. The Morgan fingerprint density at radius 2 is 1.63 bits per heavy atom. The summed E-state index contributed by atoms with van der Waals surface area (Å²) in [5.41, 5.74) is 1.64. The molecule has 41 heavy (non-hydrogen) atoms. The second kappa shape index (κ2) is 12.0. The number of hydrogen-bond acceptors (Lipinski definition) is 6. The minimum Gasteiger partial charge on any atom is -0.465 e. The van der Waals surface area contributed by atoms with E-state index in [1.807, 2.05) is 0 Å². The van der Waals surface area contributed by atoms with Crippen LogP contribution in [0.5, 0.6) is 5.75 Å². The molecule has 0 aliphatic rings. The molecule has 0 saturated carbocycles. The standard InChI is InChI=1S/C26H22F3N5O6S/c27-26(28,29)40-21-8-4-5-9-22(21)41(38,39)33-24(35)32-20(16-17-6-2-1-3-7-17)23-30-14-15-34(23)19-12-10-18(11-13-19)31-25(36)37/h1-15,20,31H,16H2,(H,36,37)(H2,32,33,35). The Hall–Kier alpha value is -5.05. The third-order valence-electron chi connectivity index (χ3n) is 5.56. The number of rotatable bonds is 9. The third-order valence-corrected chi connectivity index (χ3v) is 6.93. The minimum atomic E-state index is -5.16. The maximum atomic E-state index is 13.0. The Morgan fingerprint density at radius 3 is 2.29 bits per heavy atom. The van der Waals surface area contributed by atoms with Crippen molar-refractivity contribution in [3.63, 3.8) is 0 Å². The first kappa shape index (κ1) is 28.9. The maximum absolute atomic E-state index is 13.0. The van der Waals surface area contributed by atoms with Gasteiger partial charge < -0.3 is 19.7 Å². The summed E-state index contributed by atoms with van der Waals surface area (Å²) in [6.45, 7) is 0. The molecule has 15 heteroatoms. The Bertz CT molecular complexity index is 1630. The molecule has 1 unspecified atom stereocenters. The SMILES string of the molecule is O=C(O)Nc1ccc(-n2ccnc2C(Cc2ccccc2)NC(=O)NS(=O)(=O)c2ccccc2OC(F)(F)F)cc1. The number of halogens is 3. The van der Waals surface area contributed by atoms with Crippen molar-refractivity contribution >= 4 is 27.8 Å². The van der Waals surface area contributed by atoms with Crippen molar-refractivity contribution in [3.8, 4) is 11.4 Å². The van der Waals surface area contributed by atoms with Crippen molar-refractivity contribution in [3.05, 3.63) is 103 Å². The molecule has 1 aromatic heterocycles. The Balaban J connectivity index is 1.61. The van der Waals surface area contributed by atoms with E-state index in [0.717, 1.165) is 23.8 Å². The number of urea groups is 1. The van der Waals surface area contributed by atoms with Crippen LogP contribution in [0.15, 0.2) is 96.2 Å². The lowest BCUT2D eigenvalue weighted by atomic mass is 10.1. The largest absolute Gasteiger partial charge is 0.573 e. The van der Waals surface area contributed by atoms with Gasteiger partial charge in [-0.2, -0.15) is 0 Å². The number of para-hydroxylation sites is 1. The Kier molecular flexibility index (Phi) is 8.47. The van der Waals surface area contributed by atoms with Gasteiger partial charge in [-0.1, -0.05) is 42.5 Å². The fourth-order valence-electron chi connectivity index (χ4n) is 3.92. The first-order valence-electron chi connectivity index (χ1n) is 11.8. The van der Waals surface area contributed by atoms with Crippen molar-refractivity contribution in [2.24, 2.45) is 0 Å². The van der Waals surface area contributed by atoms with Gasteiger partial charge in [-0.15, -0.1) is 13.2 Å². The summed E-state index contributed by atoms with van der Waals surface area (Å²) >= 11 is 0. The number of alkyl halides is 3. The van der Waals surface area contributed by atoms with Gasteiger partial charge in [0.1, 0.15) is 16.5 Å². The number of aromatic nitrogens is 2. The van der Waals surface area contributed by atoms with Gasteiger partial charge in [-0.3, -0.25) is 5.32 Å². The van der Waals surface area contributed by atoms with Crippen LogP contribution in [0.1, 0.15) is 17.4 Å². The van der Waals surface area contributed by atoms with Gasteiger partial charge in [0.15, 0.2) is 0 Å². The predicted octanol–water partition coefficient (Wildman–Crippen LogP) is 4.83. The minimum absolute atomic E-state index is 0.164. The highest BCUT2D eigenvalue weighted by atomic mass is 32.2. The van der Waals surface area contributed by atoms with E-state index in [4.69, 9.17) is 5.11 Å². The molecule has 1 atom stereocenters. The summed E-state index contributed by atoms with van der Waals surface area (Å²) in [6.07, 6.45) is -3.18. The van der Waals surface area contributed by atoms with Gasteiger partial charge in [0, 0.05) is 23.8 Å². The highest BCUT2D eigenvalue weighted by molar-refractivity contribution is 7.90. The maximum Gasteiger partial charge on any atom is 0.573 e. The highest BCUT2D eigenvalue weighted by Crippen LogP contribution is 2.29. The summed E-state index contributed by atoms with van der Waals surface area (Å²) < 4.78 is 71.4. The van der Waals surface area contributed by atoms with E-state index < -0.39 is 45.2 Å². The number of nitrogens with zero attached hydrogens (tertiary/aromatic N) is 2. The third kappa shape index (κ3) is 7.76. The molecular weight excluding hydrogens is 567 g/mol. The number of ether oxygens (including phenoxy) is 1. The van der Waals surface area contributed by atoms with Crippen LogP contribution in [0.25, 0.3) is 5.69 Å². The molecule has 4 N–H and O–H groups in total. The number of carbonyl (C=O) groups excluding carboxylic acids is 1. The number of anilines is 1. The lowest BCUT2D eigenvalue weighted by Gasteiger charge is -2.21. The smallest absolute Gasteiger partial charge is 0.465 e. The fourth-order valence-corrected chi connectivity index (χ4v) is 4.97. The van der Waals surface area contributed by atoms with Crippen molar-refractivity contribution < 1.29 is 41.0 Å². The zero-order valence-electron chi connectivity index (χ0n) is 20.9. The Morgan fingerprint density at radius 1 is 0.976 bits per heavy atom. The average molecular weight is 590 g/mol. The molecule has 4 rings (SSSR count). The molecule has 0 spiro atoms. The summed E-state index contributed by atoms with van der Waals surface area (Å²) in [5.74, 6) is -0.710. The van der Waals surface area contributed by atoms with Crippen LogP contribution in [-0.2, 0) is 16.4 Å². The molecule has 0 bridgehead atoms. The van der Waals surface area contributed by atoms with Gasteiger partial charge in [-0.05, 0) is 48.4 Å². The fraction of sp³-hybridized carbons (Fsp3) is 0.115. The zero-order valence-corrected chi connectivity index (χ0v) is 21.7. The summed E-state index contributed by atoms with van der Waals surface area (Å²) in [6, 6.07) is 17.0. The van der Waals surface area contributed by atoms with E-state index in [2.05, 4.69) is 20.4 Å². The number of carbonyl (C=O) groups is 2. The number of imidazole rings is 1. The van der Waals surface area contributed by atoms with Crippen LogP contribution in [0, 0.1) is 0 Å². The lowest BCUT2D eigenvalue weighted by molar-refractivity contribution is -0.275. The van der Waals surface area contributed by atoms with E-state index in [-0.39, 0.29) is 6.42 Å². The normalized spacial score (nSPS) is 12.3. The number of hydrogen-bond donors (Lipinski definition) is 4.